The molecule has 3 N–H and O–H groups in total. The summed E-state index contributed by atoms with van der Waals surface area (Å²) in [6.07, 6.45) is 0. The van der Waals surface area contributed by atoms with E-state index >= 15 is 0 Å². The van der Waals surface area contributed by atoms with Crippen LogP contribution < -0.4 is 10.8 Å². The van der Waals surface area contributed by atoms with E-state index in [4.69, 9.17) is 18.0 Å². The first-order valence-electron chi connectivity index (χ1n) is 5.66. The van der Waals surface area contributed by atoms with Gasteiger partial charge >= 0.3 is 3.95 Å². The Morgan fingerprint density at radius 1 is 1.70 bits per heavy atom. The molecule has 1 aromatic heterocycles. The van der Waals surface area contributed by atoms with E-state index in [1.165, 1.54) is 16.7 Å². The number of hydrogen-bond acceptors (Lipinski definition) is 7. The van der Waals surface area contributed by atoms with E-state index < -0.39 is 28.4 Å². The molecule has 1 saturated heterocycles. The predicted octanol–water partition coefficient (Wildman–Crippen LogP) is -0.642. The van der Waals surface area contributed by atoms with Crippen LogP contribution in [0.2, 0.25) is 0 Å². The zero-order valence-corrected chi connectivity index (χ0v) is 12.7. The maximum absolute atomic E-state index is 11.8. The van der Waals surface area contributed by atoms with Crippen LogP contribution in [0.15, 0.2) is 5.70 Å². The maximum Gasteiger partial charge on any atom is 0.378 e. The maximum atomic E-state index is 11.8. The lowest BCUT2D eigenvalue weighted by molar-refractivity contribution is -0.301. The average molecular weight is 330 g/mol. The molecule has 0 bridgehead atoms. The molecular weight excluding hydrogens is 320 g/mol. The summed E-state index contributed by atoms with van der Waals surface area (Å²) in [4.78, 5) is 25.1. The second kappa shape index (κ2) is 4.65. The Morgan fingerprint density at radius 2 is 2.40 bits per heavy atom. The summed E-state index contributed by atoms with van der Waals surface area (Å²) < 4.78 is 0.465. The van der Waals surface area contributed by atoms with Gasteiger partial charge in [0.2, 0.25) is 5.91 Å². The van der Waals surface area contributed by atoms with Crippen molar-refractivity contribution in [3.05, 3.63) is 14.7 Å². The van der Waals surface area contributed by atoms with Gasteiger partial charge in [0.05, 0.1) is 11.7 Å². The molecule has 2 unspecified atom stereocenters. The zero-order valence-electron chi connectivity index (χ0n) is 10.3. The minimum absolute atomic E-state index is 0.0932. The van der Waals surface area contributed by atoms with E-state index in [0.29, 0.717) is 19.6 Å². The van der Waals surface area contributed by atoms with Crippen molar-refractivity contribution in [2.24, 2.45) is 5.73 Å². The van der Waals surface area contributed by atoms with Crippen molar-refractivity contribution < 1.29 is 14.7 Å². The third kappa shape index (κ3) is 1.75. The van der Waals surface area contributed by atoms with Crippen molar-refractivity contribution in [1.82, 2.24) is 15.1 Å². The van der Waals surface area contributed by atoms with E-state index in [9.17, 15) is 14.7 Å². The van der Waals surface area contributed by atoms with Gasteiger partial charge in [-0.1, -0.05) is 0 Å². The van der Waals surface area contributed by atoms with E-state index in [-0.39, 0.29) is 11.1 Å². The third-order valence-electron chi connectivity index (χ3n) is 3.20. The fraction of sp³-hybridized carbons (Fsp3) is 0.400. The number of nitrogens with zero attached hydrogens (tertiary/aromatic N) is 2. The molecule has 1 aromatic rings. The number of β-lactam (4-membered cyclic amide) rings is 1. The molecule has 0 radical (unpaired) electrons. The Morgan fingerprint density at radius 3 is 2.95 bits per heavy atom. The molecule has 2 aliphatic heterocycles. The molecule has 1 amide bonds. The second-order valence-electron chi connectivity index (χ2n) is 4.33. The van der Waals surface area contributed by atoms with Crippen molar-refractivity contribution in [3.63, 3.8) is 0 Å². The minimum atomic E-state index is -1.37. The van der Waals surface area contributed by atoms with Crippen LogP contribution in [-0.2, 0) is 9.59 Å². The molecule has 1 fully saturated rings. The smallest absolute Gasteiger partial charge is 0.378 e. The lowest BCUT2D eigenvalue weighted by atomic mass is 10.1. The van der Waals surface area contributed by atoms with Gasteiger partial charge in [0.1, 0.15) is 22.0 Å². The quantitative estimate of drug-likeness (QED) is 0.421. The zero-order chi connectivity index (χ0) is 14.6. The highest BCUT2D eigenvalue weighted by molar-refractivity contribution is 8.01. The van der Waals surface area contributed by atoms with Crippen molar-refractivity contribution in [2.75, 3.05) is 5.75 Å². The van der Waals surface area contributed by atoms with E-state index in [0.717, 1.165) is 0 Å². The molecule has 0 spiro atoms. The van der Waals surface area contributed by atoms with Gasteiger partial charge < -0.3 is 15.6 Å². The first-order chi connectivity index (χ1) is 9.43. The first-order valence-corrected chi connectivity index (χ1v) is 8.35. The van der Waals surface area contributed by atoms with Crippen LogP contribution in [0.25, 0.3) is 4.91 Å². The Balaban J connectivity index is 2.19. The Bertz CT molecular complexity index is 707. The van der Waals surface area contributed by atoms with Gasteiger partial charge in [-0.3, -0.25) is 9.69 Å². The van der Waals surface area contributed by atoms with Crippen LogP contribution in [0, 0.1) is 10.9 Å². The SMILES string of the molecule is Cc1n[nH]c(=S)[s+]1C1=C(C(=O)[O-])N2C(=O)C(N)[C@H]2SC1. The molecule has 0 aliphatic carbocycles. The fourth-order valence-corrected chi connectivity index (χ4v) is 6.30. The van der Waals surface area contributed by atoms with Gasteiger partial charge in [0, 0.05) is 17.4 Å². The van der Waals surface area contributed by atoms with Crippen molar-refractivity contribution >= 4 is 51.2 Å². The van der Waals surface area contributed by atoms with Crippen LogP contribution >= 0.6 is 34.4 Å². The number of carbonyl (C=O) groups excluding carboxylic acids is 2. The van der Waals surface area contributed by atoms with Crippen LogP contribution in [-0.4, -0.2) is 44.1 Å². The standard InChI is InChI=1S/C10H10N4O3S3/c1-3-12-13-10(18)20(3)4-2-19-8-5(11)7(15)14(8)6(4)9(16)17/h5,8H,2,11H2,1H3,(H-,13,16,17,18)/t5?,8-,20?/m1/s1. The van der Waals surface area contributed by atoms with Crippen LogP contribution in [0.1, 0.15) is 5.01 Å². The molecule has 0 saturated carbocycles. The number of hydrogen-bond donors (Lipinski definition) is 2. The third-order valence-corrected chi connectivity index (χ3v) is 7.25. The fourth-order valence-electron chi connectivity index (χ4n) is 2.27. The summed E-state index contributed by atoms with van der Waals surface area (Å²) >= 11 is 6.62. The Kier molecular flexibility index (Phi) is 3.20. The van der Waals surface area contributed by atoms with E-state index in [1.54, 1.807) is 6.92 Å². The van der Waals surface area contributed by atoms with Crippen molar-refractivity contribution in [2.45, 2.75) is 18.3 Å². The summed E-state index contributed by atoms with van der Waals surface area (Å²) in [5.41, 5.74) is 5.59. The number of carboxylic acid groups (broad SMARTS) is 1. The van der Waals surface area contributed by atoms with Gasteiger partial charge in [-0.15, -0.1) is 16.9 Å². The average Bonchev–Trinajstić information content (AvgIpc) is 2.75. The summed E-state index contributed by atoms with van der Waals surface area (Å²) in [6, 6.07) is -0.650. The number of nitrogens with two attached hydrogens (primary N) is 1. The molecule has 106 valence electrons. The number of carbonyl (C=O) groups is 2. The largest absolute Gasteiger partial charge is 0.543 e. The second-order valence-corrected chi connectivity index (χ2v) is 8.21. The summed E-state index contributed by atoms with van der Waals surface area (Å²) in [6.45, 7) is 1.77. The molecule has 20 heavy (non-hydrogen) atoms. The first kappa shape index (κ1) is 13.7. The molecule has 3 rings (SSSR count). The molecule has 3 atom stereocenters. The van der Waals surface area contributed by atoms with Crippen LogP contribution in [0.5, 0.6) is 0 Å². The molecular formula is C10H10N4O3S3. The highest BCUT2D eigenvalue weighted by Gasteiger charge is 2.51. The number of aliphatic carboxylic acids is 1. The Hall–Kier alpha value is -1.23. The van der Waals surface area contributed by atoms with Gasteiger partial charge in [-0.2, -0.15) is 0 Å². The highest BCUT2D eigenvalue weighted by Crippen LogP contribution is 2.47. The lowest BCUT2D eigenvalue weighted by Crippen LogP contribution is -2.69. The summed E-state index contributed by atoms with van der Waals surface area (Å²) in [5.74, 6) is -1.32. The van der Waals surface area contributed by atoms with Crippen LogP contribution in [0.3, 0.4) is 0 Å². The number of rotatable bonds is 2. The number of aryl methyl sites for hydroxylation is 1. The monoisotopic (exact) mass is 330 g/mol. The predicted molar refractivity (Wildman–Crippen MR) is 75.9 cm³/mol. The normalized spacial score (nSPS) is 26.4. The number of amides is 1. The topological polar surface area (TPSA) is 115 Å². The number of aromatic amines is 1. The molecule has 0 aromatic carbocycles. The lowest BCUT2D eigenvalue weighted by Gasteiger charge is -2.48. The van der Waals surface area contributed by atoms with Gasteiger partial charge in [-0.25, -0.2) is 5.10 Å². The number of thioether (sulfide) groups is 1. The van der Waals surface area contributed by atoms with Gasteiger partial charge in [-0.05, 0) is 0 Å². The summed E-state index contributed by atoms with van der Waals surface area (Å²) in [5, 5.41) is 18.5. The molecule has 7 nitrogen and oxygen atoms in total. The minimum Gasteiger partial charge on any atom is -0.543 e. The number of H-pyrrole nitrogens is 1. The highest BCUT2D eigenvalue weighted by atomic mass is 32.2. The number of nitrogens with one attached hydrogen (secondary N) is 1. The van der Waals surface area contributed by atoms with Gasteiger partial charge in [0.25, 0.3) is 12.2 Å². The van der Waals surface area contributed by atoms with Crippen molar-refractivity contribution in [3.8, 4) is 0 Å². The molecule has 2 aliphatic rings. The molecule has 10 heteroatoms. The van der Waals surface area contributed by atoms with Crippen molar-refractivity contribution in [1.29, 1.82) is 0 Å². The Labute approximate surface area is 125 Å². The van der Waals surface area contributed by atoms with Crippen LogP contribution in [0.4, 0.5) is 0 Å². The number of fused-ring (bicyclic) bond motifs is 1. The van der Waals surface area contributed by atoms with E-state index in [2.05, 4.69) is 10.2 Å². The molecule has 3 heterocycles. The number of aromatic nitrogens is 2. The summed E-state index contributed by atoms with van der Waals surface area (Å²) in [7, 11) is -0.708. The van der Waals surface area contributed by atoms with E-state index in [1.807, 2.05) is 0 Å². The van der Waals surface area contributed by atoms with Gasteiger partial charge in [0.15, 0.2) is 5.01 Å². The number of carboxylic acids is 1.